The number of carbonyl (C=O) groups excluding carboxylic acids is 2. The minimum atomic E-state index is -0.461. The smallest absolute Gasteiger partial charge is 0.310 e. The summed E-state index contributed by atoms with van der Waals surface area (Å²) in [6.07, 6.45) is 0. The van der Waals surface area contributed by atoms with E-state index in [1.165, 1.54) is 0 Å². The minimum absolute atomic E-state index is 0.170. The summed E-state index contributed by atoms with van der Waals surface area (Å²) in [5.41, 5.74) is -0.922. The fraction of sp³-hybridized carbons (Fsp3) is 0.636. The van der Waals surface area contributed by atoms with E-state index in [2.05, 4.69) is 6.07 Å². The minimum Gasteiger partial charge on any atom is -0.460 e. The van der Waals surface area contributed by atoms with Crippen LogP contribution in [0.2, 0.25) is 0 Å². The van der Waals surface area contributed by atoms with Gasteiger partial charge in [-0.2, -0.15) is 0 Å². The van der Waals surface area contributed by atoms with Gasteiger partial charge in [0, 0.05) is 21.3 Å². The maximum absolute atomic E-state index is 12.1. The molecule has 4 nitrogen and oxygen atoms in total. The van der Waals surface area contributed by atoms with Gasteiger partial charge in [-0.25, -0.2) is 0 Å². The summed E-state index contributed by atoms with van der Waals surface area (Å²) in [6.45, 7) is 15.1. The maximum Gasteiger partial charge on any atom is 0.310 e. The normalized spacial score (nSPS) is 14.3. The van der Waals surface area contributed by atoms with Crippen LogP contribution in [0.1, 0.15) is 55.4 Å². The Labute approximate surface area is 178 Å². The number of rotatable bonds is 8. The first-order valence-corrected chi connectivity index (χ1v) is 11.6. The van der Waals surface area contributed by atoms with Crippen LogP contribution in [0.25, 0.3) is 0 Å². The van der Waals surface area contributed by atoms with Crippen LogP contribution in [0.5, 0.6) is 0 Å². The molecule has 0 N–H and O–H groups in total. The summed E-state index contributed by atoms with van der Waals surface area (Å²) in [6, 6.07) is 8.17. The van der Waals surface area contributed by atoms with Gasteiger partial charge in [-0.05, 0) is 59.7 Å². The summed E-state index contributed by atoms with van der Waals surface area (Å²) in [4.78, 5) is 26.4. The fourth-order valence-corrected chi connectivity index (χ4v) is 4.04. The first-order valence-electron chi connectivity index (χ1n) is 9.58. The molecule has 0 fully saturated rings. The van der Waals surface area contributed by atoms with E-state index in [4.69, 9.17) is 9.47 Å². The molecule has 1 aromatic rings. The lowest BCUT2D eigenvalue weighted by Crippen LogP contribution is -2.28. The van der Waals surface area contributed by atoms with E-state index in [0.29, 0.717) is 11.5 Å². The topological polar surface area (TPSA) is 52.6 Å². The second-order valence-electron chi connectivity index (χ2n) is 8.97. The lowest BCUT2D eigenvalue weighted by Gasteiger charge is -2.22. The summed E-state index contributed by atoms with van der Waals surface area (Å²) in [5, 5.41) is 0. The van der Waals surface area contributed by atoms with Crippen molar-refractivity contribution in [1.29, 1.82) is 0 Å². The zero-order valence-electron chi connectivity index (χ0n) is 18.3. The molecule has 2 atom stereocenters. The number of hydrogen-bond donors (Lipinski definition) is 0. The Morgan fingerprint density at radius 2 is 1.18 bits per heavy atom. The lowest BCUT2D eigenvalue weighted by molar-refractivity contribution is -0.159. The van der Waals surface area contributed by atoms with Gasteiger partial charge < -0.3 is 9.47 Å². The average Bonchev–Trinajstić information content (AvgIpc) is 2.54. The molecule has 0 saturated carbocycles. The number of hydrogen-bond acceptors (Lipinski definition) is 6. The van der Waals surface area contributed by atoms with Crippen molar-refractivity contribution >= 4 is 35.5 Å². The molecule has 2 unspecified atom stereocenters. The zero-order valence-corrected chi connectivity index (χ0v) is 20.0. The maximum atomic E-state index is 12.1. The molecule has 1 aromatic carbocycles. The first kappa shape index (κ1) is 24.9. The predicted molar refractivity (Wildman–Crippen MR) is 118 cm³/mol. The van der Waals surface area contributed by atoms with Crippen molar-refractivity contribution in [3.8, 4) is 0 Å². The van der Waals surface area contributed by atoms with E-state index in [1.54, 1.807) is 23.5 Å². The SMILES string of the molecule is CC(CSc1cccc(SCC(C)C(=O)OC(C)(C)C)c1)C(=O)OC(C)(C)C. The Morgan fingerprint density at radius 1 is 0.821 bits per heavy atom. The highest BCUT2D eigenvalue weighted by Gasteiger charge is 2.23. The zero-order chi connectivity index (χ0) is 21.5. The van der Waals surface area contributed by atoms with Crippen LogP contribution in [0, 0.1) is 11.8 Å². The molecule has 0 heterocycles. The first-order chi connectivity index (χ1) is 12.8. The molecule has 1 rings (SSSR count). The van der Waals surface area contributed by atoms with Crippen molar-refractivity contribution in [1.82, 2.24) is 0 Å². The molecule has 0 aliphatic carbocycles. The van der Waals surface area contributed by atoms with Gasteiger partial charge in [0.25, 0.3) is 0 Å². The molecular weight excluding hydrogens is 392 g/mol. The van der Waals surface area contributed by atoms with Crippen LogP contribution in [-0.4, -0.2) is 34.6 Å². The monoisotopic (exact) mass is 426 g/mol. The second-order valence-corrected chi connectivity index (χ2v) is 11.2. The highest BCUT2D eigenvalue weighted by atomic mass is 32.2. The standard InChI is InChI=1S/C22H34O4S2/c1-15(19(23)25-21(3,4)5)13-27-17-10-9-11-18(12-17)28-14-16(2)20(24)26-22(6,7)8/h9-12,15-16H,13-14H2,1-8H3. The van der Waals surface area contributed by atoms with Gasteiger partial charge in [-0.1, -0.05) is 19.9 Å². The third kappa shape index (κ3) is 10.4. The summed E-state index contributed by atoms with van der Waals surface area (Å²) < 4.78 is 10.9. The number of carbonyl (C=O) groups is 2. The van der Waals surface area contributed by atoms with Crippen molar-refractivity contribution in [2.75, 3.05) is 11.5 Å². The van der Waals surface area contributed by atoms with Gasteiger partial charge in [0.2, 0.25) is 0 Å². The third-order valence-corrected chi connectivity index (χ3v) is 5.93. The molecule has 28 heavy (non-hydrogen) atoms. The summed E-state index contributed by atoms with van der Waals surface area (Å²) >= 11 is 3.28. The van der Waals surface area contributed by atoms with Crippen molar-refractivity contribution in [2.45, 2.75) is 76.4 Å². The van der Waals surface area contributed by atoms with E-state index in [0.717, 1.165) is 9.79 Å². The Kier molecular flexibility index (Phi) is 9.41. The Morgan fingerprint density at radius 3 is 1.50 bits per heavy atom. The second kappa shape index (κ2) is 10.6. The van der Waals surface area contributed by atoms with Gasteiger partial charge in [0.15, 0.2) is 0 Å². The molecule has 0 aliphatic rings. The summed E-state index contributed by atoms with van der Waals surface area (Å²) in [5.74, 6) is 0.642. The Hall–Kier alpha value is -1.14. The van der Waals surface area contributed by atoms with E-state index >= 15 is 0 Å². The van der Waals surface area contributed by atoms with Gasteiger partial charge in [0.1, 0.15) is 11.2 Å². The molecule has 0 saturated heterocycles. The van der Waals surface area contributed by atoms with E-state index in [1.807, 2.05) is 73.6 Å². The highest BCUT2D eigenvalue weighted by molar-refractivity contribution is 8.00. The average molecular weight is 427 g/mol. The molecule has 0 amide bonds. The molecule has 0 aromatic heterocycles. The van der Waals surface area contributed by atoms with Gasteiger partial charge in [0.05, 0.1) is 11.8 Å². The van der Waals surface area contributed by atoms with Crippen LogP contribution in [0.3, 0.4) is 0 Å². The predicted octanol–water partition coefficient (Wildman–Crippen LogP) is 5.83. The van der Waals surface area contributed by atoms with Crippen LogP contribution in [-0.2, 0) is 19.1 Å². The number of thioether (sulfide) groups is 2. The molecular formula is C22H34O4S2. The molecule has 0 radical (unpaired) electrons. The fourth-order valence-electron chi connectivity index (χ4n) is 2.04. The summed E-state index contributed by atoms with van der Waals surface area (Å²) in [7, 11) is 0. The van der Waals surface area contributed by atoms with Gasteiger partial charge in [-0.15, -0.1) is 23.5 Å². The van der Waals surface area contributed by atoms with E-state index in [-0.39, 0.29) is 23.8 Å². The highest BCUT2D eigenvalue weighted by Crippen LogP contribution is 2.28. The van der Waals surface area contributed by atoms with Crippen LogP contribution < -0.4 is 0 Å². The molecule has 158 valence electrons. The van der Waals surface area contributed by atoms with Crippen LogP contribution in [0.15, 0.2) is 34.1 Å². The van der Waals surface area contributed by atoms with Gasteiger partial charge in [-0.3, -0.25) is 9.59 Å². The largest absolute Gasteiger partial charge is 0.460 e. The van der Waals surface area contributed by atoms with Crippen LogP contribution >= 0.6 is 23.5 Å². The number of ether oxygens (including phenoxy) is 2. The van der Waals surface area contributed by atoms with Crippen molar-refractivity contribution < 1.29 is 19.1 Å². The lowest BCUT2D eigenvalue weighted by atomic mass is 10.1. The third-order valence-electron chi connectivity index (χ3n) is 3.42. The van der Waals surface area contributed by atoms with Gasteiger partial charge >= 0.3 is 11.9 Å². The van der Waals surface area contributed by atoms with E-state index < -0.39 is 11.2 Å². The molecule has 0 bridgehead atoms. The Bertz CT molecular complexity index is 606. The van der Waals surface area contributed by atoms with Crippen molar-refractivity contribution in [2.24, 2.45) is 11.8 Å². The quantitative estimate of drug-likeness (QED) is 0.385. The van der Waals surface area contributed by atoms with E-state index in [9.17, 15) is 9.59 Å². The number of esters is 2. The van der Waals surface area contributed by atoms with Crippen molar-refractivity contribution in [3.05, 3.63) is 24.3 Å². The number of benzene rings is 1. The molecule has 0 spiro atoms. The van der Waals surface area contributed by atoms with Crippen LogP contribution in [0.4, 0.5) is 0 Å². The van der Waals surface area contributed by atoms with Crippen molar-refractivity contribution in [3.63, 3.8) is 0 Å². The molecule has 0 aliphatic heterocycles. The molecule has 6 heteroatoms. The Balaban J connectivity index is 2.53.